The first-order valence-electron chi connectivity index (χ1n) is 7.40. The molecule has 0 unspecified atom stereocenters. The Balaban J connectivity index is 2.02. The highest BCUT2D eigenvalue weighted by Crippen LogP contribution is 2.34. The van der Waals surface area contributed by atoms with Crippen molar-refractivity contribution in [3.8, 4) is 23.0 Å². The molecule has 2 aromatic rings. The van der Waals surface area contributed by atoms with Crippen LogP contribution in [0.15, 0.2) is 66.5 Å². The normalized spacial score (nSPS) is 10.1. The summed E-state index contributed by atoms with van der Waals surface area (Å²) in [4.78, 5) is 0. The third-order valence-corrected chi connectivity index (χ3v) is 4.85. The van der Waals surface area contributed by atoms with E-state index in [1.54, 1.807) is 48.6 Å². The maximum Gasteiger partial charge on any atom is 0.134 e. The van der Waals surface area contributed by atoms with Gasteiger partial charge in [0.2, 0.25) is 0 Å². The molecule has 3 nitrogen and oxygen atoms in total. The van der Waals surface area contributed by atoms with Crippen molar-refractivity contribution in [3.63, 3.8) is 0 Å². The summed E-state index contributed by atoms with van der Waals surface area (Å²) in [7, 11) is 0. The second-order valence-electron chi connectivity index (χ2n) is 4.90. The van der Waals surface area contributed by atoms with Gasteiger partial charge in [-0.2, -0.15) is 0 Å². The first-order chi connectivity index (χ1) is 12.8. The smallest absolute Gasteiger partial charge is 0.134 e. The van der Waals surface area contributed by atoms with Gasteiger partial charge in [0.15, 0.2) is 0 Å². The van der Waals surface area contributed by atoms with E-state index in [9.17, 15) is 0 Å². The fraction of sp³-hybridized carbons (Fsp3) is 0.111. The summed E-state index contributed by atoms with van der Waals surface area (Å²) in [6.45, 7) is 0.527. The van der Waals surface area contributed by atoms with E-state index in [-0.39, 0.29) is 22.2 Å². The average Bonchev–Trinajstić information content (AvgIpc) is 2.58. The van der Waals surface area contributed by atoms with Gasteiger partial charge in [-0.15, -0.1) is 0 Å². The Bertz CT molecular complexity index is 779. The van der Waals surface area contributed by atoms with Crippen molar-refractivity contribution < 1.29 is 14.2 Å². The highest BCUT2D eigenvalue weighted by Gasteiger charge is 2.07. The number of hydrogen-bond donors (Lipinski definition) is 0. The Hall–Kier alpha value is -0.560. The molecule has 0 bridgehead atoms. The second-order valence-corrected chi connectivity index (χ2v) is 8.62. The molecule has 0 saturated carbocycles. The third kappa shape index (κ3) is 8.14. The standard InChI is InChI=1S/C18H12Br2Cl4O3/c19-13-9-11(1-3-15(13)25-7-5-17(21)22)27-12-2-4-16(14(20)10-12)26-8-6-18(23)24/h1-6,9-10H,7-8H2. The number of benzene rings is 2. The van der Waals surface area contributed by atoms with Gasteiger partial charge < -0.3 is 14.2 Å². The van der Waals surface area contributed by atoms with E-state index in [0.29, 0.717) is 23.0 Å². The predicted octanol–water partition coefficient (Wildman–Crippen LogP) is 8.40. The van der Waals surface area contributed by atoms with Gasteiger partial charge in [0.25, 0.3) is 0 Å². The van der Waals surface area contributed by atoms with Gasteiger partial charge in [0.05, 0.1) is 8.95 Å². The molecule has 2 rings (SSSR count). The minimum Gasteiger partial charge on any atom is -0.488 e. The highest BCUT2D eigenvalue weighted by molar-refractivity contribution is 9.10. The predicted molar refractivity (Wildman–Crippen MR) is 119 cm³/mol. The maximum absolute atomic E-state index is 5.86. The Morgan fingerprint density at radius 3 is 1.48 bits per heavy atom. The molecule has 9 heteroatoms. The monoisotopic (exact) mass is 574 g/mol. The van der Waals surface area contributed by atoms with Crippen molar-refractivity contribution in [2.75, 3.05) is 13.2 Å². The summed E-state index contributed by atoms with van der Waals surface area (Å²) in [5, 5.41) is 0. The lowest BCUT2D eigenvalue weighted by molar-refractivity contribution is 0.358. The summed E-state index contributed by atoms with van der Waals surface area (Å²) < 4.78 is 18.7. The number of hydrogen-bond acceptors (Lipinski definition) is 3. The molecule has 0 spiro atoms. The van der Waals surface area contributed by atoms with Crippen LogP contribution in [0.4, 0.5) is 0 Å². The number of halogens is 6. The minimum atomic E-state index is 0.158. The van der Waals surface area contributed by atoms with Crippen molar-refractivity contribution in [2.24, 2.45) is 0 Å². The zero-order valence-corrected chi connectivity index (χ0v) is 19.7. The lowest BCUT2D eigenvalue weighted by Crippen LogP contribution is -1.95. The van der Waals surface area contributed by atoms with Crippen LogP contribution in [0.3, 0.4) is 0 Å². The molecule has 0 atom stereocenters. The quantitative estimate of drug-likeness (QED) is 0.315. The molecule has 2 aromatic carbocycles. The SMILES string of the molecule is ClC(Cl)=CCOc1ccc(Oc2ccc(OCC=C(Cl)Cl)c(Br)c2)cc1Br. The Kier molecular flexibility index (Phi) is 9.63. The van der Waals surface area contributed by atoms with E-state index in [1.165, 1.54) is 0 Å². The largest absolute Gasteiger partial charge is 0.488 e. The molecule has 0 aromatic heterocycles. The average molecular weight is 578 g/mol. The Labute approximate surface area is 194 Å². The molecular weight excluding hydrogens is 566 g/mol. The van der Waals surface area contributed by atoms with Gasteiger partial charge >= 0.3 is 0 Å². The maximum atomic E-state index is 5.86. The van der Waals surface area contributed by atoms with Gasteiger partial charge in [0, 0.05) is 0 Å². The van der Waals surface area contributed by atoms with Crippen molar-refractivity contribution in [1.29, 1.82) is 0 Å². The minimum absolute atomic E-state index is 0.158. The first kappa shape index (κ1) is 22.7. The molecule has 0 amide bonds. The van der Waals surface area contributed by atoms with Crippen LogP contribution in [0.2, 0.25) is 0 Å². The fourth-order valence-corrected chi connectivity index (χ4v) is 3.05. The molecular formula is C18H12Br2Cl4O3. The van der Waals surface area contributed by atoms with E-state index in [0.717, 1.165) is 8.95 Å². The first-order valence-corrected chi connectivity index (χ1v) is 10.5. The summed E-state index contributed by atoms with van der Waals surface area (Å²) in [5.41, 5.74) is 0. The van der Waals surface area contributed by atoms with Crippen LogP contribution in [-0.4, -0.2) is 13.2 Å². The molecule has 0 aliphatic heterocycles. The second kappa shape index (κ2) is 11.4. The lowest BCUT2D eigenvalue weighted by atomic mass is 10.3. The molecule has 0 N–H and O–H groups in total. The topological polar surface area (TPSA) is 27.7 Å². The van der Waals surface area contributed by atoms with E-state index >= 15 is 0 Å². The molecule has 0 radical (unpaired) electrons. The highest BCUT2D eigenvalue weighted by atomic mass is 79.9. The molecule has 144 valence electrons. The molecule has 0 aliphatic carbocycles. The van der Waals surface area contributed by atoms with Crippen LogP contribution in [0, 0.1) is 0 Å². The number of ether oxygens (including phenoxy) is 3. The van der Waals surface area contributed by atoms with E-state index in [1.807, 2.05) is 0 Å². The molecule has 0 heterocycles. The van der Waals surface area contributed by atoms with Crippen LogP contribution in [0.25, 0.3) is 0 Å². The third-order valence-electron chi connectivity index (χ3n) is 3.00. The fourth-order valence-electron chi connectivity index (χ4n) is 1.85. The van der Waals surface area contributed by atoms with Crippen LogP contribution in [0.1, 0.15) is 0 Å². The summed E-state index contributed by atoms with van der Waals surface area (Å²) in [6, 6.07) is 10.7. The molecule has 0 fully saturated rings. The van der Waals surface area contributed by atoms with Crippen LogP contribution >= 0.6 is 78.3 Å². The van der Waals surface area contributed by atoms with Crippen molar-refractivity contribution in [1.82, 2.24) is 0 Å². The van der Waals surface area contributed by atoms with Crippen molar-refractivity contribution in [2.45, 2.75) is 0 Å². The van der Waals surface area contributed by atoms with E-state index in [2.05, 4.69) is 31.9 Å². The number of rotatable bonds is 8. The van der Waals surface area contributed by atoms with Gasteiger partial charge in [-0.1, -0.05) is 46.4 Å². The molecule has 0 aliphatic rings. The summed E-state index contributed by atoms with van der Waals surface area (Å²) in [5.74, 6) is 2.56. The van der Waals surface area contributed by atoms with Crippen LogP contribution in [0.5, 0.6) is 23.0 Å². The zero-order valence-electron chi connectivity index (χ0n) is 13.5. The molecule has 27 heavy (non-hydrogen) atoms. The molecule has 0 saturated heterocycles. The van der Waals surface area contributed by atoms with Crippen LogP contribution < -0.4 is 14.2 Å². The lowest BCUT2D eigenvalue weighted by Gasteiger charge is -2.11. The van der Waals surface area contributed by atoms with Gasteiger partial charge in [-0.25, -0.2) is 0 Å². The Morgan fingerprint density at radius 2 is 1.15 bits per heavy atom. The van der Waals surface area contributed by atoms with E-state index < -0.39 is 0 Å². The summed E-state index contributed by atoms with van der Waals surface area (Å²) in [6.07, 6.45) is 3.11. The van der Waals surface area contributed by atoms with Crippen molar-refractivity contribution in [3.05, 3.63) is 66.5 Å². The van der Waals surface area contributed by atoms with Gasteiger partial charge in [-0.3, -0.25) is 0 Å². The Morgan fingerprint density at radius 1 is 0.741 bits per heavy atom. The van der Waals surface area contributed by atoms with E-state index in [4.69, 9.17) is 60.6 Å². The van der Waals surface area contributed by atoms with Gasteiger partial charge in [-0.05, 0) is 80.4 Å². The summed E-state index contributed by atoms with van der Waals surface area (Å²) >= 11 is 29.1. The van der Waals surface area contributed by atoms with Gasteiger partial charge in [0.1, 0.15) is 45.2 Å². The zero-order chi connectivity index (χ0) is 19.8. The van der Waals surface area contributed by atoms with Crippen LogP contribution in [-0.2, 0) is 0 Å². The van der Waals surface area contributed by atoms with Crippen molar-refractivity contribution >= 4 is 78.3 Å².